The largest absolute Gasteiger partial charge is 0.449 e. The predicted molar refractivity (Wildman–Crippen MR) is 121 cm³/mol. The monoisotopic (exact) mass is 478 g/mol. The van der Waals surface area contributed by atoms with Crippen molar-refractivity contribution in [2.45, 2.75) is 63.9 Å². The summed E-state index contributed by atoms with van der Waals surface area (Å²) in [7, 11) is -3.72. The van der Waals surface area contributed by atoms with E-state index in [0.29, 0.717) is 5.82 Å². The lowest BCUT2D eigenvalue weighted by Crippen LogP contribution is -2.48. The first-order valence-corrected chi connectivity index (χ1v) is 12.2. The molecule has 1 aliphatic heterocycles. The second-order valence-corrected chi connectivity index (χ2v) is 10.3. The molecule has 1 N–H and O–H groups in total. The molecule has 0 saturated carbocycles. The zero-order chi connectivity index (χ0) is 24.3. The minimum atomic E-state index is -3.72. The van der Waals surface area contributed by atoms with Crippen LogP contribution in [-0.2, 0) is 24.3 Å². The van der Waals surface area contributed by atoms with Crippen LogP contribution in [0.1, 0.15) is 51.0 Å². The molecule has 0 bridgehead atoms. The van der Waals surface area contributed by atoms with Crippen LogP contribution >= 0.6 is 0 Å². The Morgan fingerprint density at radius 1 is 1.09 bits per heavy atom. The Morgan fingerprint density at radius 3 is 2.27 bits per heavy atom. The van der Waals surface area contributed by atoms with Gasteiger partial charge in [-0.3, -0.25) is 4.79 Å². The molecule has 1 aromatic heterocycles. The minimum absolute atomic E-state index is 0.0480. The number of esters is 1. The number of aromatic nitrogens is 2. The summed E-state index contributed by atoms with van der Waals surface area (Å²) < 4.78 is 39.8. The first-order chi connectivity index (χ1) is 15.5. The predicted octanol–water partition coefficient (Wildman–Crippen LogP) is 2.45. The van der Waals surface area contributed by atoms with Gasteiger partial charge >= 0.3 is 5.97 Å². The van der Waals surface area contributed by atoms with Crippen LogP contribution < -0.4 is 5.32 Å². The summed E-state index contributed by atoms with van der Waals surface area (Å²) >= 11 is 0. The lowest BCUT2D eigenvalue weighted by atomic mass is 10.2. The number of sulfonamides is 1. The molecule has 1 saturated heterocycles. The Labute approximate surface area is 193 Å². The quantitative estimate of drug-likeness (QED) is 0.607. The maximum atomic E-state index is 12.9. The van der Waals surface area contributed by atoms with E-state index >= 15 is 0 Å². The van der Waals surface area contributed by atoms with Gasteiger partial charge in [0.1, 0.15) is 5.82 Å². The zero-order valence-electron chi connectivity index (χ0n) is 19.4. The SMILES string of the molecule is CC(C)n1nccc1NC(=O)[C@@H](C)OC(=O)c1ccc(S(=O)(=O)N2C[C@@H](C)O[C@@H](C)C2)cc1. The average Bonchev–Trinajstić information content (AvgIpc) is 3.21. The Kier molecular flexibility index (Phi) is 7.55. The van der Waals surface area contributed by atoms with Crippen LogP contribution in [0.4, 0.5) is 5.82 Å². The standard InChI is InChI=1S/C22H30N4O6S/c1-14(2)26-20(10-11-23-26)24-21(27)17(5)32-22(28)18-6-8-19(9-7-18)33(29,30)25-12-15(3)31-16(4)13-25/h6-11,14-17H,12-13H2,1-5H3,(H,24,27)/t15-,16+,17-/m1/s1. The van der Waals surface area contributed by atoms with Crippen molar-refractivity contribution in [1.82, 2.24) is 14.1 Å². The molecule has 3 rings (SSSR count). The van der Waals surface area contributed by atoms with Crippen molar-refractivity contribution >= 4 is 27.7 Å². The summed E-state index contributed by atoms with van der Waals surface area (Å²) in [5.74, 6) is -0.729. The van der Waals surface area contributed by atoms with E-state index in [0.717, 1.165) is 0 Å². The molecular weight excluding hydrogens is 448 g/mol. The normalized spacial score (nSPS) is 20.4. The van der Waals surface area contributed by atoms with Gasteiger partial charge in [0, 0.05) is 25.2 Å². The van der Waals surface area contributed by atoms with Gasteiger partial charge in [-0.05, 0) is 58.9 Å². The van der Waals surface area contributed by atoms with E-state index in [2.05, 4.69) is 10.4 Å². The number of rotatable bonds is 7. The van der Waals surface area contributed by atoms with Crippen LogP contribution in [0, 0.1) is 0 Å². The fraction of sp³-hybridized carbons (Fsp3) is 0.500. The molecule has 1 fully saturated rings. The number of morpholine rings is 1. The molecule has 33 heavy (non-hydrogen) atoms. The molecule has 2 heterocycles. The highest BCUT2D eigenvalue weighted by molar-refractivity contribution is 7.89. The molecule has 3 atom stereocenters. The molecule has 0 spiro atoms. The van der Waals surface area contributed by atoms with E-state index in [4.69, 9.17) is 9.47 Å². The molecule has 2 aromatic rings. The molecule has 1 aromatic carbocycles. The Balaban J connectivity index is 1.64. The molecule has 180 valence electrons. The highest BCUT2D eigenvalue weighted by Crippen LogP contribution is 2.22. The number of hydrogen-bond donors (Lipinski definition) is 1. The summed E-state index contributed by atoms with van der Waals surface area (Å²) in [6, 6.07) is 7.18. The molecular formula is C22H30N4O6S. The van der Waals surface area contributed by atoms with Crippen LogP contribution in [0.5, 0.6) is 0 Å². The van der Waals surface area contributed by atoms with Crippen molar-refractivity contribution in [3.8, 4) is 0 Å². The summed E-state index contributed by atoms with van der Waals surface area (Å²) in [5.41, 5.74) is 0.143. The number of ether oxygens (including phenoxy) is 2. The zero-order valence-corrected chi connectivity index (χ0v) is 20.2. The maximum absolute atomic E-state index is 12.9. The smallest absolute Gasteiger partial charge is 0.338 e. The van der Waals surface area contributed by atoms with Gasteiger partial charge in [0.15, 0.2) is 6.10 Å². The number of carbonyl (C=O) groups is 2. The third-order valence-electron chi connectivity index (χ3n) is 5.18. The van der Waals surface area contributed by atoms with Gasteiger partial charge in [-0.15, -0.1) is 0 Å². The Bertz CT molecular complexity index is 1090. The number of hydrogen-bond acceptors (Lipinski definition) is 7. The molecule has 0 radical (unpaired) electrons. The van der Waals surface area contributed by atoms with E-state index in [1.54, 1.807) is 16.9 Å². The van der Waals surface area contributed by atoms with Crippen molar-refractivity contribution in [3.05, 3.63) is 42.1 Å². The van der Waals surface area contributed by atoms with E-state index in [-0.39, 0.29) is 41.8 Å². The van der Waals surface area contributed by atoms with Gasteiger partial charge in [0.25, 0.3) is 5.91 Å². The minimum Gasteiger partial charge on any atom is -0.449 e. The molecule has 11 heteroatoms. The lowest BCUT2D eigenvalue weighted by Gasteiger charge is -2.34. The third-order valence-corrected chi connectivity index (χ3v) is 7.02. The molecule has 0 unspecified atom stereocenters. The maximum Gasteiger partial charge on any atom is 0.338 e. The fourth-order valence-electron chi connectivity index (χ4n) is 3.57. The van der Waals surface area contributed by atoms with Crippen molar-refractivity contribution in [2.75, 3.05) is 18.4 Å². The summed E-state index contributed by atoms with van der Waals surface area (Å²) in [6.45, 7) is 9.49. The van der Waals surface area contributed by atoms with Crippen LogP contribution in [0.3, 0.4) is 0 Å². The number of nitrogens with zero attached hydrogens (tertiary/aromatic N) is 3. The van der Waals surface area contributed by atoms with Crippen molar-refractivity contribution in [1.29, 1.82) is 0 Å². The summed E-state index contributed by atoms with van der Waals surface area (Å²) in [6.07, 6.45) is 0.0991. The summed E-state index contributed by atoms with van der Waals surface area (Å²) in [4.78, 5) is 25.0. The number of amides is 1. The van der Waals surface area contributed by atoms with E-state index in [1.165, 1.54) is 35.5 Å². The number of nitrogens with one attached hydrogen (secondary N) is 1. The van der Waals surface area contributed by atoms with Gasteiger partial charge in [-0.2, -0.15) is 9.40 Å². The topological polar surface area (TPSA) is 120 Å². The number of anilines is 1. The van der Waals surface area contributed by atoms with Crippen molar-refractivity contribution < 1.29 is 27.5 Å². The fourth-order valence-corrected chi connectivity index (χ4v) is 5.16. The van der Waals surface area contributed by atoms with E-state index < -0.39 is 28.0 Å². The Hall–Kier alpha value is -2.76. The van der Waals surface area contributed by atoms with E-state index in [9.17, 15) is 18.0 Å². The second-order valence-electron chi connectivity index (χ2n) is 8.40. The number of benzene rings is 1. The van der Waals surface area contributed by atoms with E-state index in [1.807, 2.05) is 27.7 Å². The summed E-state index contributed by atoms with van der Waals surface area (Å²) in [5, 5.41) is 6.83. The highest BCUT2D eigenvalue weighted by atomic mass is 32.2. The van der Waals surface area contributed by atoms with Crippen LogP contribution in [0.2, 0.25) is 0 Å². The second kappa shape index (κ2) is 10.0. The van der Waals surface area contributed by atoms with Crippen LogP contribution in [0.15, 0.2) is 41.4 Å². The molecule has 1 amide bonds. The number of carbonyl (C=O) groups excluding carboxylic acids is 2. The average molecular weight is 479 g/mol. The van der Waals surface area contributed by atoms with Crippen LogP contribution in [-0.4, -0.2) is 65.8 Å². The van der Waals surface area contributed by atoms with Gasteiger partial charge in [0.05, 0.1) is 28.9 Å². The van der Waals surface area contributed by atoms with Crippen molar-refractivity contribution in [2.24, 2.45) is 0 Å². The van der Waals surface area contributed by atoms with Gasteiger partial charge in [-0.1, -0.05) is 0 Å². The molecule has 1 aliphatic rings. The molecule has 0 aliphatic carbocycles. The van der Waals surface area contributed by atoms with Crippen molar-refractivity contribution in [3.63, 3.8) is 0 Å². The first kappa shape index (κ1) is 24.9. The van der Waals surface area contributed by atoms with Gasteiger partial charge in [-0.25, -0.2) is 17.9 Å². The third kappa shape index (κ3) is 5.79. The molecule has 10 nitrogen and oxygen atoms in total. The van der Waals surface area contributed by atoms with Gasteiger partial charge < -0.3 is 14.8 Å². The Morgan fingerprint density at radius 2 is 1.70 bits per heavy atom. The highest BCUT2D eigenvalue weighted by Gasteiger charge is 2.32. The van der Waals surface area contributed by atoms with Gasteiger partial charge in [0.2, 0.25) is 10.0 Å². The first-order valence-electron chi connectivity index (χ1n) is 10.8. The lowest BCUT2D eigenvalue weighted by molar-refractivity contribution is -0.123. The van der Waals surface area contributed by atoms with Crippen LogP contribution in [0.25, 0.3) is 0 Å².